The van der Waals surface area contributed by atoms with Gasteiger partial charge in [-0.05, 0) is 25.1 Å². The standard InChI is InChI=1S/C11H12BrF3N2O2/c12-9-3-2-8(10(6-9)17(18)19)7-16-5-1-4-11(13,14)15/h2-3,6,16H,1,4-5,7H2. The second-order valence-corrected chi connectivity index (χ2v) is 4.84. The summed E-state index contributed by atoms with van der Waals surface area (Å²) in [6, 6.07) is 4.59. The summed E-state index contributed by atoms with van der Waals surface area (Å²) in [4.78, 5) is 10.3. The van der Waals surface area contributed by atoms with Crippen LogP contribution in [0.5, 0.6) is 0 Å². The summed E-state index contributed by atoms with van der Waals surface area (Å²) < 4.78 is 36.3. The SMILES string of the molecule is O=[N+]([O-])c1cc(Br)ccc1CNCCCC(F)(F)F. The van der Waals surface area contributed by atoms with Crippen LogP contribution in [0.3, 0.4) is 0 Å². The predicted molar refractivity (Wildman–Crippen MR) is 67.8 cm³/mol. The Labute approximate surface area is 116 Å². The molecule has 0 spiro atoms. The molecule has 0 aliphatic rings. The van der Waals surface area contributed by atoms with Crippen LogP contribution in [0, 0.1) is 10.1 Å². The summed E-state index contributed by atoms with van der Waals surface area (Å²) in [5.41, 5.74) is 0.387. The van der Waals surface area contributed by atoms with Gasteiger partial charge in [0, 0.05) is 29.1 Å². The highest BCUT2D eigenvalue weighted by atomic mass is 79.9. The van der Waals surface area contributed by atoms with Crippen molar-refractivity contribution in [2.24, 2.45) is 0 Å². The molecule has 4 nitrogen and oxygen atoms in total. The van der Waals surface area contributed by atoms with Crippen LogP contribution >= 0.6 is 15.9 Å². The largest absolute Gasteiger partial charge is 0.389 e. The number of halogens is 4. The molecular weight excluding hydrogens is 329 g/mol. The zero-order chi connectivity index (χ0) is 14.5. The Morgan fingerprint density at radius 3 is 2.63 bits per heavy atom. The fraction of sp³-hybridized carbons (Fsp3) is 0.455. The van der Waals surface area contributed by atoms with Crippen molar-refractivity contribution in [2.75, 3.05) is 6.54 Å². The van der Waals surface area contributed by atoms with Crippen LogP contribution < -0.4 is 5.32 Å². The second kappa shape index (κ2) is 6.85. The second-order valence-electron chi connectivity index (χ2n) is 3.93. The van der Waals surface area contributed by atoms with Crippen LogP contribution in [0.4, 0.5) is 18.9 Å². The molecule has 0 saturated heterocycles. The van der Waals surface area contributed by atoms with Crippen molar-refractivity contribution >= 4 is 21.6 Å². The Kier molecular flexibility index (Phi) is 5.74. The van der Waals surface area contributed by atoms with Gasteiger partial charge in [-0.2, -0.15) is 13.2 Å². The van der Waals surface area contributed by atoms with E-state index in [-0.39, 0.29) is 25.2 Å². The molecule has 106 valence electrons. The van der Waals surface area contributed by atoms with E-state index >= 15 is 0 Å². The molecule has 1 N–H and O–H groups in total. The minimum atomic E-state index is -4.16. The lowest BCUT2D eigenvalue weighted by Gasteiger charge is -2.08. The van der Waals surface area contributed by atoms with E-state index < -0.39 is 17.5 Å². The first kappa shape index (κ1) is 15.9. The smallest absolute Gasteiger partial charge is 0.312 e. The molecule has 0 bridgehead atoms. The van der Waals surface area contributed by atoms with E-state index in [1.54, 1.807) is 12.1 Å². The number of nitrogens with one attached hydrogen (secondary N) is 1. The van der Waals surface area contributed by atoms with Crippen molar-refractivity contribution in [3.05, 3.63) is 38.3 Å². The molecule has 1 aromatic carbocycles. The van der Waals surface area contributed by atoms with Crippen molar-refractivity contribution in [2.45, 2.75) is 25.6 Å². The van der Waals surface area contributed by atoms with Crippen LogP contribution in [-0.4, -0.2) is 17.6 Å². The quantitative estimate of drug-likeness (QED) is 0.487. The van der Waals surface area contributed by atoms with Crippen LogP contribution in [-0.2, 0) is 6.54 Å². The van der Waals surface area contributed by atoms with Crippen molar-refractivity contribution in [3.63, 3.8) is 0 Å². The van der Waals surface area contributed by atoms with Gasteiger partial charge in [-0.25, -0.2) is 0 Å². The number of hydrogen-bond donors (Lipinski definition) is 1. The molecule has 1 aromatic rings. The molecule has 0 saturated carbocycles. The maximum atomic E-state index is 11.9. The molecule has 0 aromatic heterocycles. The Morgan fingerprint density at radius 2 is 2.05 bits per heavy atom. The highest BCUT2D eigenvalue weighted by molar-refractivity contribution is 9.10. The van der Waals surface area contributed by atoms with Gasteiger partial charge >= 0.3 is 6.18 Å². The summed E-state index contributed by atoms with van der Waals surface area (Å²) in [5.74, 6) is 0. The number of nitrogens with zero attached hydrogens (tertiary/aromatic N) is 1. The summed E-state index contributed by atoms with van der Waals surface area (Å²) >= 11 is 3.13. The number of nitro benzene ring substituents is 1. The zero-order valence-corrected chi connectivity index (χ0v) is 11.4. The van der Waals surface area contributed by atoms with Crippen LogP contribution in [0.15, 0.2) is 22.7 Å². The third kappa shape index (κ3) is 6.02. The molecule has 1 rings (SSSR count). The van der Waals surface area contributed by atoms with Gasteiger partial charge in [0.05, 0.1) is 4.92 Å². The van der Waals surface area contributed by atoms with E-state index in [4.69, 9.17) is 0 Å². The third-order valence-electron chi connectivity index (χ3n) is 2.37. The van der Waals surface area contributed by atoms with Gasteiger partial charge in [0.2, 0.25) is 0 Å². The van der Waals surface area contributed by atoms with Crippen molar-refractivity contribution in [1.82, 2.24) is 5.32 Å². The van der Waals surface area contributed by atoms with Crippen LogP contribution in [0.25, 0.3) is 0 Å². The summed E-state index contributed by atoms with van der Waals surface area (Å²) in [6.45, 7) is 0.328. The van der Waals surface area contributed by atoms with Gasteiger partial charge in [-0.15, -0.1) is 0 Å². The monoisotopic (exact) mass is 340 g/mol. The minimum Gasteiger partial charge on any atom is -0.312 e. The normalized spacial score (nSPS) is 11.6. The number of hydrogen-bond acceptors (Lipinski definition) is 3. The van der Waals surface area contributed by atoms with E-state index in [2.05, 4.69) is 21.2 Å². The maximum Gasteiger partial charge on any atom is 0.389 e. The van der Waals surface area contributed by atoms with E-state index in [9.17, 15) is 23.3 Å². The zero-order valence-electron chi connectivity index (χ0n) is 9.84. The lowest BCUT2D eigenvalue weighted by Crippen LogP contribution is -2.18. The number of benzene rings is 1. The van der Waals surface area contributed by atoms with Crippen LogP contribution in [0.1, 0.15) is 18.4 Å². The number of nitro groups is 1. The molecule has 0 aliphatic carbocycles. The number of rotatable bonds is 6. The summed E-state index contributed by atoms with van der Waals surface area (Å²) in [5, 5.41) is 13.6. The van der Waals surface area contributed by atoms with Crippen molar-refractivity contribution < 1.29 is 18.1 Å². The van der Waals surface area contributed by atoms with Crippen molar-refractivity contribution in [1.29, 1.82) is 0 Å². The molecule has 0 atom stereocenters. The molecule has 19 heavy (non-hydrogen) atoms. The van der Waals surface area contributed by atoms with Gasteiger partial charge in [-0.1, -0.05) is 15.9 Å². The topological polar surface area (TPSA) is 55.2 Å². The van der Waals surface area contributed by atoms with Gasteiger partial charge in [0.25, 0.3) is 5.69 Å². The fourth-order valence-corrected chi connectivity index (χ4v) is 1.84. The highest BCUT2D eigenvalue weighted by Gasteiger charge is 2.25. The lowest BCUT2D eigenvalue weighted by molar-refractivity contribution is -0.385. The average molecular weight is 341 g/mol. The average Bonchev–Trinajstić information content (AvgIpc) is 2.28. The molecule has 0 unspecified atom stereocenters. The van der Waals surface area contributed by atoms with E-state index in [0.29, 0.717) is 10.0 Å². The Morgan fingerprint density at radius 1 is 1.37 bits per heavy atom. The predicted octanol–water partition coefficient (Wildman–Crippen LogP) is 3.79. The molecule has 0 aliphatic heterocycles. The molecule has 0 radical (unpaired) electrons. The molecule has 0 fully saturated rings. The molecule has 8 heteroatoms. The van der Waals surface area contributed by atoms with Gasteiger partial charge in [0.1, 0.15) is 0 Å². The van der Waals surface area contributed by atoms with E-state index in [1.807, 2.05) is 0 Å². The lowest BCUT2D eigenvalue weighted by atomic mass is 10.2. The number of alkyl halides is 3. The van der Waals surface area contributed by atoms with E-state index in [0.717, 1.165) is 0 Å². The fourth-order valence-electron chi connectivity index (χ4n) is 1.49. The Hall–Kier alpha value is -1.15. The van der Waals surface area contributed by atoms with E-state index in [1.165, 1.54) is 6.07 Å². The maximum absolute atomic E-state index is 11.9. The molecule has 0 amide bonds. The van der Waals surface area contributed by atoms with Gasteiger partial charge in [0.15, 0.2) is 0 Å². The van der Waals surface area contributed by atoms with Gasteiger partial charge in [-0.3, -0.25) is 10.1 Å². The Balaban J connectivity index is 2.47. The summed E-state index contributed by atoms with van der Waals surface area (Å²) in [7, 11) is 0. The first-order valence-electron chi connectivity index (χ1n) is 5.50. The summed E-state index contributed by atoms with van der Waals surface area (Å²) in [6.07, 6.45) is -5.07. The highest BCUT2D eigenvalue weighted by Crippen LogP contribution is 2.24. The molecule has 0 heterocycles. The molecular formula is C11H12BrF3N2O2. The Bertz CT molecular complexity index is 452. The minimum absolute atomic E-state index is 0.0478. The van der Waals surface area contributed by atoms with Crippen molar-refractivity contribution in [3.8, 4) is 0 Å². The first-order chi connectivity index (χ1) is 8.79. The van der Waals surface area contributed by atoms with Gasteiger partial charge < -0.3 is 5.32 Å². The van der Waals surface area contributed by atoms with Crippen LogP contribution in [0.2, 0.25) is 0 Å². The first-order valence-corrected chi connectivity index (χ1v) is 6.29. The third-order valence-corrected chi connectivity index (χ3v) is 2.87.